The van der Waals surface area contributed by atoms with Crippen LogP contribution in [-0.2, 0) is 26.2 Å². The number of aromatic nitrogens is 2. The molecule has 2 nitrogen and oxygen atoms in total. The fourth-order valence-corrected chi connectivity index (χ4v) is 4.59. The first-order chi connectivity index (χ1) is 16.5. The Labute approximate surface area is 232 Å². The molecule has 0 aliphatic rings. The van der Waals surface area contributed by atoms with E-state index in [9.17, 15) is 0 Å². The second-order valence-electron chi connectivity index (χ2n) is 8.74. The van der Waals surface area contributed by atoms with Crippen molar-refractivity contribution in [3.63, 3.8) is 0 Å². The summed E-state index contributed by atoms with van der Waals surface area (Å²) >= 11 is 4.39. The topological polar surface area (TPSA) is 9.86 Å². The Morgan fingerprint density at radius 3 is 1.29 bits per heavy atom. The molecule has 0 saturated carbocycles. The van der Waals surface area contributed by atoms with E-state index >= 15 is 0 Å². The van der Waals surface area contributed by atoms with Crippen LogP contribution in [0.15, 0.2) is 97.3 Å². The third-order valence-electron chi connectivity index (χ3n) is 6.06. The maximum atomic E-state index is 4.39. The molecule has 175 valence electrons. The molecule has 0 fully saturated rings. The summed E-state index contributed by atoms with van der Waals surface area (Å²) in [7, 11) is 0. The fraction of sp³-hybridized carbons (Fsp3) is 0.129. The number of fused-ring (bicyclic) bond motifs is 2. The molecular formula is C31H30ClN2Zr. The smallest absolute Gasteiger partial charge is 0.352 e. The van der Waals surface area contributed by atoms with E-state index in [1.54, 1.807) is 0 Å². The molecule has 0 saturated heterocycles. The van der Waals surface area contributed by atoms with E-state index in [2.05, 4.69) is 152 Å². The van der Waals surface area contributed by atoms with Gasteiger partial charge < -0.3 is 20.7 Å². The molecule has 0 aliphatic carbocycles. The Balaban J connectivity index is 0.000000178. The van der Waals surface area contributed by atoms with Crippen molar-refractivity contribution in [2.45, 2.75) is 27.7 Å². The molecule has 6 aromatic rings. The van der Waals surface area contributed by atoms with Crippen LogP contribution in [0.25, 0.3) is 32.9 Å². The van der Waals surface area contributed by atoms with Crippen molar-refractivity contribution in [2.24, 2.45) is 0 Å². The van der Waals surface area contributed by atoms with Gasteiger partial charge in [-0.2, -0.15) is 0 Å². The van der Waals surface area contributed by atoms with E-state index in [1.807, 2.05) is 0 Å². The van der Waals surface area contributed by atoms with Gasteiger partial charge in [0.15, 0.2) is 0 Å². The molecule has 4 heteroatoms. The van der Waals surface area contributed by atoms with Crippen LogP contribution in [0.1, 0.15) is 22.5 Å². The number of hydrogen-bond donors (Lipinski definition) is 0. The van der Waals surface area contributed by atoms with Gasteiger partial charge >= 0.3 is 26.2 Å². The molecular weight excluding hydrogens is 527 g/mol. The largest absolute Gasteiger partial charge is 3.00 e. The minimum absolute atomic E-state index is 0. The number of hydrogen-bond acceptors (Lipinski definition) is 0. The Bertz CT molecular complexity index is 1340. The summed E-state index contributed by atoms with van der Waals surface area (Å²) in [6.07, 6.45) is 7.09. The van der Waals surface area contributed by atoms with E-state index in [0.29, 0.717) is 0 Å². The van der Waals surface area contributed by atoms with Crippen molar-refractivity contribution in [3.8, 4) is 11.4 Å². The van der Waals surface area contributed by atoms with Gasteiger partial charge in [-0.25, -0.2) is 0 Å². The molecule has 0 spiro atoms. The number of aryl methyl sites for hydroxylation is 4. The van der Waals surface area contributed by atoms with Gasteiger partial charge in [-0.3, -0.25) is 6.38 Å². The van der Waals surface area contributed by atoms with E-state index < -0.39 is 0 Å². The SMILES string of the molecule is Cc1cc(C)n(-c2cc3ccccc3[cH-]2)c1.Cc1cc(C)n(-c2cc3ccccc3[cH-]2)c1.[CH2-]Cl.[Zr+3]. The van der Waals surface area contributed by atoms with E-state index in [-0.39, 0.29) is 26.2 Å². The first-order valence-corrected chi connectivity index (χ1v) is 11.9. The molecule has 0 bridgehead atoms. The van der Waals surface area contributed by atoms with E-state index in [4.69, 9.17) is 0 Å². The van der Waals surface area contributed by atoms with Crippen molar-refractivity contribution < 1.29 is 26.2 Å². The minimum Gasteiger partial charge on any atom is -0.352 e. The molecule has 2 heterocycles. The number of rotatable bonds is 2. The second-order valence-corrected chi connectivity index (χ2v) is 8.74. The predicted molar refractivity (Wildman–Crippen MR) is 148 cm³/mol. The van der Waals surface area contributed by atoms with Crippen molar-refractivity contribution in [2.75, 3.05) is 0 Å². The van der Waals surface area contributed by atoms with Crippen LogP contribution in [-0.4, -0.2) is 9.13 Å². The summed E-state index contributed by atoms with van der Waals surface area (Å²) in [5.41, 5.74) is 7.70. The average molecular weight is 557 g/mol. The van der Waals surface area contributed by atoms with Crippen LogP contribution in [0.4, 0.5) is 0 Å². The van der Waals surface area contributed by atoms with E-state index in [0.717, 1.165) is 0 Å². The molecule has 0 aliphatic heterocycles. The van der Waals surface area contributed by atoms with Gasteiger partial charge in [-0.05, 0) is 62.3 Å². The molecule has 2 aromatic heterocycles. The van der Waals surface area contributed by atoms with Gasteiger partial charge in [0.25, 0.3) is 0 Å². The zero-order valence-corrected chi connectivity index (χ0v) is 23.9. The molecule has 35 heavy (non-hydrogen) atoms. The fourth-order valence-electron chi connectivity index (χ4n) is 4.59. The normalized spacial score (nSPS) is 10.3. The zero-order chi connectivity index (χ0) is 24.2. The molecule has 0 atom stereocenters. The van der Waals surface area contributed by atoms with Gasteiger partial charge in [-0.15, -0.1) is 82.2 Å². The van der Waals surface area contributed by atoms with Gasteiger partial charge in [-0.1, -0.05) is 12.1 Å². The summed E-state index contributed by atoms with van der Waals surface area (Å²) in [5.74, 6) is 0. The number of benzene rings is 2. The molecule has 0 N–H and O–H groups in total. The Hall–Kier alpha value is -2.61. The van der Waals surface area contributed by atoms with Gasteiger partial charge in [0.2, 0.25) is 0 Å². The predicted octanol–water partition coefficient (Wildman–Crippen LogP) is 8.95. The Kier molecular flexibility index (Phi) is 9.17. The first-order valence-electron chi connectivity index (χ1n) is 11.4. The van der Waals surface area contributed by atoms with Crippen LogP contribution in [0.5, 0.6) is 0 Å². The third-order valence-corrected chi connectivity index (χ3v) is 6.06. The van der Waals surface area contributed by atoms with Crippen molar-refractivity contribution in [3.05, 3.63) is 126 Å². The maximum absolute atomic E-state index is 4.39. The Morgan fingerprint density at radius 2 is 0.971 bits per heavy atom. The van der Waals surface area contributed by atoms with Crippen LogP contribution in [0, 0.1) is 34.1 Å². The van der Waals surface area contributed by atoms with Crippen molar-refractivity contribution in [1.29, 1.82) is 0 Å². The van der Waals surface area contributed by atoms with E-state index in [1.165, 1.54) is 55.4 Å². The summed E-state index contributed by atoms with van der Waals surface area (Å²) in [6.45, 7) is 8.55. The molecule has 4 aromatic carbocycles. The summed E-state index contributed by atoms with van der Waals surface area (Å²) in [6, 6.07) is 30.3. The molecule has 0 amide bonds. The second kappa shape index (κ2) is 11.9. The van der Waals surface area contributed by atoms with Crippen LogP contribution in [0.2, 0.25) is 0 Å². The molecule has 6 rings (SSSR count). The summed E-state index contributed by atoms with van der Waals surface area (Å²) < 4.78 is 4.49. The first kappa shape index (κ1) is 27.0. The maximum Gasteiger partial charge on any atom is 3.00 e. The van der Waals surface area contributed by atoms with Crippen LogP contribution in [0.3, 0.4) is 0 Å². The zero-order valence-electron chi connectivity index (χ0n) is 20.7. The van der Waals surface area contributed by atoms with Crippen LogP contribution < -0.4 is 0 Å². The minimum atomic E-state index is 0. The van der Waals surface area contributed by atoms with Crippen molar-refractivity contribution >= 4 is 33.1 Å². The number of nitrogens with zero attached hydrogens (tertiary/aromatic N) is 2. The van der Waals surface area contributed by atoms with Gasteiger partial charge in [0, 0.05) is 23.8 Å². The van der Waals surface area contributed by atoms with Gasteiger partial charge in [0.05, 0.1) is 0 Å². The quantitative estimate of drug-likeness (QED) is 0.188. The summed E-state index contributed by atoms with van der Waals surface area (Å²) in [5, 5.41) is 5.23. The van der Waals surface area contributed by atoms with Crippen LogP contribution >= 0.6 is 11.6 Å². The standard InChI is InChI=1S/2C15H14N.CH2Cl.Zr/c2*1-11-7-12(2)16(10-11)15-8-13-5-3-4-6-14(13)9-15;1-2;/h2*3-10H,1-2H3;1H2;/q3*-1;+3. The molecule has 1 radical (unpaired) electrons. The molecule has 0 unspecified atom stereocenters. The monoisotopic (exact) mass is 555 g/mol. The third kappa shape index (κ3) is 5.97. The average Bonchev–Trinajstić information content (AvgIpc) is 3.59. The summed E-state index contributed by atoms with van der Waals surface area (Å²) in [4.78, 5) is 0. The number of halogens is 1. The van der Waals surface area contributed by atoms with Gasteiger partial charge in [0.1, 0.15) is 0 Å². The van der Waals surface area contributed by atoms with Crippen molar-refractivity contribution in [1.82, 2.24) is 9.13 Å². The Morgan fingerprint density at radius 1 is 0.600 bits per heavy atom.